The van der Waals surface area contributed by atoms with Crippen LogP contribution in [0.25, 0.3) is 78.5 Å². The van der Waals surface area contributed by atoms with Crippen molar-refractivity contribution in [3.05, 3.63) is 134 Å². The molecule has 15 heteroatoms. The Labute approximate surface area is 393 Å². The van der Waals surface area contributed by atoms with Gasteiger partial charge in [0.15, 0.2) is 11.6 Å². The minimum absolute atomic E-state index is 0.314. The van der Waals surface area contributed by atoms with E-state index in [0.29, 0.717) is 24.0 Å². The van der Waals surface area contributed by atoms with Crippen LogP contribution in [-0.4, -0.2) is 88.4 Å². The van der Waals surface area contributed by atoms with Crippen molar-refractivity contribution in [1.29, 1.82) is 0 Å². The van der Waals surface area contributed by atoms with Gasteiger partial charge in [0.05, 0.1) is 47.3 Å². The fraction of sp³-hybridized carbons (Fsp3) is 0.245. The molecule has 1 saturated heterocycles. The number of aromatic nitrogens is 10. The number of fused-ring (bicyclic) bond motifs is 4. The molecule has 3 N–H and O–H groups in total. The van der Waals surface area contributed by atoms with E-state index in [-0.39, 0.29) is 0 Å². The summed E-state index contributed by atoms with van der Waals surface area (Å²) in [6, 6.07) is 40.7. The first-order valence-corrected chi connectivity index (χ1v) is 23.3. The van der Waals surface area contributed by atoms with Crippen LogP contribution in [-0.2, 0) is 0 Å². The molecule has 2 aliphatic rings. The van der Waals surface area contributed by atoms with Crippen LogP contribution in [0.15, 0.2) is 134 Å². The molecule has 0 unspecified atom stereocenters. The van der Waals surface area contributed by atoms with Crippen LogP contribution in [0.1, 0.15) is 44.9 Å². The fourth-order valence-electron chi connectivity index (χ4n) is 9.24. The number of nitrogens with one attached hydrogen (secondary N) is 3. The molecule has 0 bridgehead atoms. The van der Waals surface area contributed by atoms with Gasteiger partial charge in [0.25, 0.3) is 0 Å². The summed E-state index contributed by atoms with van der Waals surface area (Å²) >= 11 is 0. The zero-order chi connectivity index (χ0) is 45.8. The number of nitrogens with zero attached hydrogens (tertiary/aromatic N) is 10. The van der Waals surface area contributed by atoms with Crippen molar-refractivity contribution in [2.24, 2.45) is 0 Å². The molecule has 1 aliphatic heterocycles. The molecule has 12 rings (SSSR count). The molecule has 6 aromatic heterocycles. The lowest BCUT2D eigenvalue weighted by atomic mass is 9.96. The van der Waals surface area contributed by atoms with Gasteiger partial charge in [0.1, 0.15) is 34.5 Å². The standard InChI is InChI=1S/C27H26N6O.C26H25N7O/c1-34-20-12-14-24-23(17-20)31-26(22-13-11-18-7-5-6-10-21(18)30-22)33(24)25-15-16-28-27(32-25)29-19-8-3-2-4-9-19;1-34-19-9-11-23-22(15-19)31-25(21-10-8-17-5-2-3-7-20(17)30-21)33(23)24-12-14-28-26(32-24)29-18-6-4-13-27-16-18/h5-7,10-17,19H,2-4,8-9H2,1H3,(H,28,29,32);2-3,5,7-12,14-15,18,27H,4,6,13,16H2,1H3,(H,28,29,32)/t;18-/m.0/s1. The molecule has 1 saturated carbocycles. The number of hydrogen-bond acceptors (Lipinski definition) is 13. The highest BCUT2D eigenvalue weighted by molar-refractivity contribution is 5.87. The van der Waals surface area contributed by atoms with Crippen molar-refractivity contribution in [3.63, 3.8) is 0 Å². The van der Waals surface area contributed by atoms with E-state index in [0.717, 1.165) is 129 Å². The van der Waals surface area contributed by atoms with Crippen molar-refractivity contribution < 1.29 is 9.47 Å². The molecule has 68 heavy (non-hydrogen) atoms. The molecule has 4 aromatic carbocycles. The van der Waals surface area contributed by atoms with E-state index < -0.39 is 0 Å². The zero-order valence-electron chi connectivity index (χ0n) is 38.0. The van der Waals surface area contributed by atoms with Crippen LogP contribution < -0.4 is 25.4 Å². The third-order valence-corrected chi connectivity index (χ3v) is 12.7. The quantitative estimate of drug-likeness (QED) is 0.119. The van der Waals surface area contributed by atoms with Crippen molar-refractivity contribution in [2.45, 2.75) is 57.0 Å². The van der Waals surface area contributed by atoms with Gasteiger partial charge in [0, 0.05) is 53.9 Å². The summed E-state index contributed by atoms with van der Waals surface area (Å²) in [6.45, 7) is 1.97. The molecule has 340 valence electrons. The molecule has 15 nitrogen and oxygen atoms in total. The monoisotopic (exact) mass is 901 g/mol. The SMILES string of the molecule is COc1ccc2c(c1)nc(-c1ccc3ccccc3n1)n2-c1ccnc(NC2CCCCC2)n1.COc1ccc2c(c1)nc(-c1ccc3ccccc3n1)n2-c1ccnc(N[C@H]2CCCNC2)n1. The maximum atomic E-state index is 5.44. The van der Waals surface area contributed by atoms with E-state index in [1.54, 1.807) is 26.6 Å². The van der Waals surface area contributed by atoms with Gasteiger partial charge in [-0.25, -0.2) is 29.9 Å². The van der Waals surface area contributed by atoms with E-state index in [2.05, 4.69) is 54.8 Å². The predicted octanol–water partition coefficient (Wildman–Crippen LogP) is 9.99. The predicted molar refractivity (Wildman–Crippen MR) is 268 cm³/mol. The second-order valence-corrected chi connectivity index (χ2v) is 17.2. The summed E-state index contributed by atoms with van der Waals surface area (Å²) in [5, 5.41) is 12.6. The summed E-state index contributed by atoms with van der Waals surface area (Å²) < 4.78 is 15.0. The molecule has 10 aromatic rings. The number of piperidine rings is 1. The Morgan fingerprint density at radius 3 is 1.53 bits per heavy atom. The number of rotatable bonds is 10. The number of ether oxygens (including phenoxy) is 2. The number of anilines is 2. The Morgan fingerprint density at radius 2 is 1.01 bits per heavy atom. The first-order chi connectivity index (χ1) is 33.6. The first-order valence-electron chi connectivity index (χ1n) is 23.3. The normalized spacial score (nSPS) is 15.3. The van der Waals surface area contributed by atoms with E-state index in [9.17, 15) is 0 Å². The van der Waals surface area contributed by atoms with Gasteiger partial charge in [-0.1, -0.05) is 67.8 Å². The Kier molecular flexibility index (Phi) is 11.9. The zero-order valence-corrected chi connectivity index (χ0v) is 38.0. The van der Waals surface area contributed by atoms with Crippen molar-refractivity contribution in [3.8, 4) is 46.2 Å². The second kappa shape index (κ2) is 19.1. The highest BCUT2D eigenvalue weighted by Gasteiger charge is 2.22. The van der Waals surface area contributed by atoms with E-state index in [4.69, 9.17) is 39.4 Å². The maximum Gasteiger partial charge on any atom is 0.224 e. The van der Waals surface area contributed by atoms with Gasteiger partial charge in [-0.2, -0.15) is 9.97 Å². The third-order valence-electron chi connectivity index (χ3n) is 12.7. The van der Waals surface area contributed by atoms with E-state index in [1.165, 1.54) is 19.3 Å². The van der Waals surface area contributed by atoms with Crippen LogP contribution >= 0.6 is 0 Å². The summed E-state index contributed by atoms with van der Waals surface area (Å²) in [4.78, 5) is 38.5. The lowest BCUT2D eigenvalue weighted by molar-refractivity contribution is 0.415. The third kappa shape index (κ3) is 8.83. The Bertz CT molecular complexity index is 3170. The summed E-state index contributed by atoms with van der Waals surface area (Å²) in [6.07, 6.45) is 12.0. The summed E-state index contributed by atoms with van der Waals surface area (Å²) in [5.74, 6) is 5.72. The smallest absolute Gasteiger partial charge is 0.224 e. The topological polar surface area (TPSA) is 168 Å². The van der Waals surface area contributed by atoms with Crippen molar-refractivity contribution in [1.82, 2.24) is 54.3 Å². The molecule has 7 heterocycles. The Morgan fingerprint density at radius 1 is 0.500 bits per heavy atom. The number of para-hydroxylation sites is 2. The first kappa shape index (κ1) is 42.6. The maximum absolute atomic E-state index is 5.44. The van der Waals surface area contributed by atoms with Crippen LogP contribution in [0.3, 0.4) is 0 Å². The Hall–Kier alpha value is -8.04. The average molecular weight is 902 g/mol. The van der Waals surface area contributed by atoms with Gasteiger partial charge in [0.2, 0.25) is 11.9 Å². The fourth-order valence-corrected chi connectivity index (χ4v) is 9.24. The van der Waals surface area contributed by atoms with Gasteiger partial charge < -0.3 is 25.4 Å². The largest absolute Gasteiger partial charge is 0.497 e. The Balaban J connectivity index is 0.000000149. The van der Waals surface area contributed by atoms with E-state index >= 15 is 0 Å². The molecule has 0 radical (unpaired) electrons. The van der Waals surface area contributed by atoms with E-state index in [1.807, 2.05) is 102 Å². The van der Waals surface area contributed by atoms with Gasteiger partial charge in [-0.3, -0.25) is 9.13 Å². The lowest BCUT2D eigenvalue weighted by Gasteiger charge is -2.23. The number of pyridine rings is 2. The molecule has 0 spiro atoms. The second-order valence-electron chi connectivity index (χ2n) is 17.2. The lowest BCUT2D eigenvalue weighted by Crippen LogP contribution is -2.38. The number of hydrogen-bond donors (Lipinski definition) is 3. The minimum atomic E-state index is 0.314. The van der Waals surface area contributed by atoms with Crippen LogP contribution in [0.5, 0.6) is 11.5 Å². The highest BCUT2D eigenvalue weighted by atomic mass is 16.5. The molecule has 0 amide bonds. The molecular weight excluding hydrogens is 851 g/mol. The molecule has 1 aliphatic carbocycles. The molecule has 2 fully saturated rings. The number of methoxy groups -OCH3 is 2. The van der Waals surface area contributed by atoms with Gasteiger partial charge in [-0.15, -0.1) is 0 Å². The van der Waals surface area contributed by atoms with Gasteiger partial charge in [-0.05, 0) is 92.9 Å². The average Bonchev–Trinajstić information content (AvgIpc) is 3.98. The van der Waals surface area contributed by atoms with Crippen LogP contribution in [0.2, 0.25) is 0 Å². The number of imidazole rings is 2. The summed E-state index contributed by atoms with van der Waals surface area (Å²) in [7, 11) is 3.32. The minimum Gasteiger partial charge on any atom is -0.497 e. The highest BCUT2D eigenvalue weighted by Crippen LogP contribution is 2.33. The molecule has 1 atom stereocenters. The van der Waals surface area contributed by atoms with Crippen molar-refractivity contribution >= 4 is 55.8 Å². The number of benzene rings is 4. The summed E-state index contributed by atoms with van der Waals surface area (Å²) in [5.41, 5.74) is 6.92. The van der Waals surface area contributed by atoms with Crippen LogP contribution in [0.4, 0.5) is 11.9 Å². The van der Waals surface area contributed by atoms with Gasteiger partial charge >= 0.3 is 0 Å². The molecular formula is C53H51N13O2. The van der Waals surface area contributed by atoms with Crippen molar-refractivity contribution in [2.75, 3.05) is 37.9 Å². The van der Waals surface area contributed by atoms with Crippen LogP contribution in [0, 0.1) is 0 Å².